The second-order valence-corrected chi connectivity index (χ2v) is 6.90. The molecule has 0 aliphatic heterocycles. The van der Waals surface area contributed by atoms with Crippen LogP contribution in [0.2, 0.25) is 5.02 Å². The van der Waals surface area contributed by atoms with Gasteiger partial charge in [-0.1, -0.05) is 60.5 Å². The molecular formula is C16H17ClNO4P. The lowest BCUT2D eigenvalue weighted by Gasteiger charge is -2.21. The van der Waals surface area contributed by atoms with Crippen LogP contribution in [-0.2, 0) is 4.79 Å². The summed E-state index contributed by atoms with van der Waals surface area (Å²) in [5.74, 6) is -1.25. The summed E-state index contributed by atoms with van der Waals surface area (Å²) in [7, 11) is -2.59. The maximum absolute atomic E-state index is 12.3. The standard InChI is InChI=1S/C16H17ClNO4P/c1-10(2)16(3,15(19)20)18-23(21)22-14-12-7-5-4-6-11(12)8-9-13(14)17/h4-10H,1-3H3,(H,19,20). The molecule has 0 radical (unpaired) electrons. The first kappa shape index (κ1) is 17.7. The van der Waals surface area contributed by atoms with Crippen LogP contribution in [0.1, 0.15) is 20.8 Å². The molecule has 2 unspecified atom stereocenters. The lowest BCUT2D eigenvalue weighted by molar-refractivity contribution is -0.170. The molecule has 0 saturated heterocycles. The third-order valence-corrected chi connectivity index (χ3v) is 5.06. The van der Waals surface area contributed by atoms with Crippen LogP contribution in [0.15, 0.2) is 41.1 Å². The Balaban J connectivity index is 2.44. The number of benzene rings is 2. The first-order valence-electron chi connectivity index (χ1n) is 7.04. The maximum atomic E-state index is 12.3. The first-order valence-corrected chi connectivity index (χ1v) is 8.55. The highest BCUT2D eigenvalue weighted by molar-refractivity contribution is 7.34. The Morgan fingerprint density at radius 2 is 2.00 bits per heavy atom. The quantitative estimate of drug-likeness (QED) is 0.815. The van der Waals surface area contributed by atoms with E-state index in [2.05, 4.69) is 4.74 Å². The predicted molar refractivity (Wildman–Crippen MR) is 89.8 cm³/mol. The van der Waals surface area contributed by atoms with E-state index in [0.29, 0.717) is 10.4 Å². The maximum Gasteiger partial charge on any atom is 0.395 e. The Labute approximate surface area is 140 Å². The topological polar surface area (TPSA) is 82.0 Å². The van der Waals surface area contributed by atoms with E-state index in [1.165, 1.54) is 6.92 Å². The van der Waals surface area contributed by atoms with Gasteiger partial charge in [0.2, 0.25) is 11.3 Å². The fraction of sp³-hybridized carbons (Fsp3) is 0.312. The molecule has 0 aromatic heterocycles. The molecular weight excluding hydrogens is 337 g/mol. The molecule has 0 fully saturated rings. The van der Waals surface area contributed by atoms with Crippen molar-refractivity contribution < 1.29 is 19.3 Å². The van der Waals surface area contributed by atoms with Crippen molar-refractivity contribution in [3.05, 3.63) is 41.4 Å². The molecule has 122 valence electrons. The van der Waals surface area contributed by atoms with Crippen LogP contribution >= 0.6 is 19.8 Å². The van der Waals surface area contributed by atoms with Crippen molar-refractivity contribution in [3.63, 3.8) is 0 Å². The number of nitrogens with zero attached hydrogens (tertiary/aromatic N) is 1. The average molecular weight is 354 g/mol. The van der Waals surface area contributed by atoms with Gasteiger partial charge >= 0.3 is 14.1 Å². The summed E-state index contributed by atoms with van der Waals surface area (Å²) in [5.41, 5.74) is -1.50. The van der Waals surface area contributed by atoms with Crippen LogP contribution < -0.4 is 9.42 Å². The molecule has 5 nitrogen and oxygen atoms in total. The zero-order chi connectivity index (χ0) is 17.2. The van der Waals surface area contributed by atoms with Gasteiger partial charge in [-0.05, 0) is 24.3 Å². The minimum atomic E-state index is -2.59. The number of carboxylic acids is 1. The number of halogens is 1. The van der Waals surface area contributed by atoms with E-state index >= 15 is 0 Å². The lowest BCUT2D eigenvalue weighted by atomic mass is 9.90. The van der Waals surface area contributed by atoms with E-state index in [1.807, 2.05) is 24.3 Å². The van der Waals surface area contributed by atoms with Gasteiger partial charge in [0.05, 0.1) is 5.02 Å². The number of hydrogen-bond acceptors (Lipinski definition) is 4. The van der Waals surface area contributed by atoms with Gasteiger partial charge in [0.25, 0.3) is 0 Å². The third-order valence-electron chi connectivity index (χ3n) is 3.85. The fourth-order valence-electron chi connectivity index (χ4n) is 1.98. The number of aliphatic carboxylic acids is 1. The van der Waals surface area contributed by atoms with E-state index in [0.717, 1.165) is 5.39 Å². The van der Waals surface area contributed by atoms with Crippen molar-refractivity contribution >= 4 is 36.5 Å². The van der Waals surface area contributed by atoms with E-state index < -0.39 is 19.7 Å². The van der Waals surface area contributed by atoms with E-state index in [-0.39, 0.29) is 11.7 Å². The van der Waals surface area contributed by atoms with Crippen molar-refractivity contribution in [2.75, 3.05) is 0 Å². The molecule has 0 spiro atoms. The lowest BCUT2D eigenvalue weighted by Crippen LogP contribution is -2.38. The minimum Gasteiger partial charge on any atom is -0.575 e. The molecule has 0 saturated carbocycles. The van der Waals surface area contributed by atoms with Crippen LogP contribution in [0.5, 0.6) is 5.75 Å². The SMILES string of the molecule is CC(C)C(C)(/N=[P+](\[O-])Oc1c(Cl)ccc2ccccc12)C(=O)O. The Bertz CT molecular complexity index is 778. The molecule has 0 bridgehead atoms. The Morgan fingerprint density at radius 1 is 1.35 bits per heavy atom. The molecule has 0 aliphatic rings. The van der Waals surface area contributed by atoms with Crippen LogP contribution in [0.3, 0.4) is 0 Å². The average Bonchev–Trinajstić information content (AvgIpc) is 2.49. The summed E-state index contributed by atoms with van der Waals surface area (Å²) in [6.45, 7) is 4.82. The Morgan fingerprint density at radius 3 is 2.61 bits per heavy atom. The molecule has 2 aromatic carbocycles. The molecule has 7 heteroatoms. The van der Waals surface area contributed by atoms with Gasteiger partial charge in [-0.3, -0.25) is 4.52 Å². The number of hydrogen-bond donors (Lipinski definition) is 1. The molecule has 2 aromatic rings. The zero-order valence-corrected chi connectivity index (χ0v) is 14.6. The van der Waals surface area contributed by atoms with Gasteiger partial charge in [0.15, 0.2) is 0 Å². The van der Waals surface area contributed by atoms with Gasteiger partial charge in [-0.25, -0.2) is 4.79 Å². The van der Waals surface area contributed by atoms with Gasteiger partial charge in [0.1, 0.15) is 0 Å². The van der Waals surface area contributed by atoms with Crippen molar-refractivity contribution in [1.29, 1.82) is 0 Å². The second kappa shape index (κ2) is 6.83. The summed E-state index contributed by atoms with van der Waals surface area (Å²) >= 11 is 6.13. The molecule has 23 heavy (non-hydrogen) atoms. The highest BCUT2D eigenvalue weighted by Crippen LogP contribution is 2.39. The second-order valence-electron chi connectivity index (χ2n) is 5.63. The minimum absolute atomic E-state index is 0.242. The zero-order valence-electron chi connectivity index (χ0n) is 13.0. The van der Waals surface area contributed by atoms with Crippen LogP contribution in [0.4, 0.5) is 0 Å². The number of fused-ring (bicyclic) bond motifs is 1. The summed E-state index contributed by atoms with van der Waals surface area (Å²) in [4.78, 5) is 23.7. The smallest absolute Gasteiger partial charge is 0.395 e. The highest BCUT2D eigenvalue weighted by Gasteiger charge is 2.40. The number of rotatable bonds is 5. The van der Waals surface area contributed by atoms with E-state index in [9.17, 15) is 14.8 Å². The number of carbonyl (C=O) groups is 1. The monoisotopic (exact) mass is 353 g/mol. The summed E-state index contributed by atoms with van der Waals surface area (Å²) in [6, 6.07) is 10.8. The highest BCUT2D eigenvalue weighted by atomic mass is 35.5. The van der Waals surface area contributed by atoms with E-state index in [1.54, 1.807) is 26.0 Å². The van der Waals surface area contributed by atoms with Crippen molar-refractivity contribution in [2.24, 2.45) is 10.7 Å². The Kier molecular flexibility index (Phi) is 5.25. The third kappa shape index (κ3) is 3.63. The molecule has 0 heterocycles. The Hall–Kier alpha value is -1.68. The van der Waals surface area contributed by atoms with Gasteiger partial charge in [0, 0.05) is 5.39 Å². The van der Waals surface area contributed by atoms with Crippen LogP contribution in [0.25, 0.3) is 10.8 Å². The molecule has 0 amide bonds. The number of carboxylic acid groups (broad SMARTS) is 1. The van der Waals surface area contributed by atoms with Crippen molar-refractivity contribution in [2.45, 2.75) is 26.3 Å². The van der Waals surface area contributed by atoms with Crippen molar-refractivity contribution in [3.8, 4) is 5.75 Å². The van der Waals surface area contributed by atoms with Crippen LogP contribution in [0, 0.1) is 5.92 Å². The van der Waals surface area contributed by atoms with Crippen LogP contribution in [-0.4, -0.2) is 16.6 Å². The summed E-state index contributed by atoms with van der Waals surface area (Å²) in [6.07, 6.45) is 0. The van der Waals surface area contributed by atoms with Crippen molar-refractivity contribution in [1.82, 2.24) is 0 Å². The predicted octanol–water partition coefficient (Wildman–Crippen LogP) is 4.23. The normalized spacial score (nSPS) is 14.8. The molecule has 2 rings (SSSR count). The molecule has 0 aliphatic carbocycles. The van der Waals surface area contributed by atoms with E-state index in [4.69, 9.17) is 16.1 Å². The largest absolute Gasteiger partial charge is 0.575 e. The van der Waals surface area contributed by atoms with Gasteiger partial charge < -0.3 is 10.00 Å². The molecule has 2 atom stereocenters. The summed E-state index contributed by atoms with van der Waals surface area (Å²) in [5, 5.41) is 11.2. The fourth-order valence-corrected chi connectivity index (χ4v) is 3.29. The molecule has 1 N–H and O–H groups in total. The first-order chi connectivity index (χ1) is 10.8. The van der Waals surface area contributed by atoms with Gasteiger partial charge in [-0.2, -0.15) is 0 Å². The summed E-state index contributed by atoms with van der Waals surface area (Å²) < 4.78 is 9.28. The van der Waals surface area contributed by atoms with Gasteiger partial charge in [-0.15, -0.1) is 0 Å².